The van der Waals surface area contributed by atoms with Gasteiger partial charge < -0.3 is 5.32 Å². The van der Waals surface area contributed by atoms with Crippen LogP contribution >= 0.6 is 22.6 Å². The molecule has 1 N–H and O–H groups in total. The molecule has 0 rings (SSSR count). The maximum absolute atomic E-state index is 3.54. The quantitative estimate of drug-likeness (QED) is 0.389. The molecule has 0 radical (unpaired) electrons. The summed E-state index contributed by atoms with van der Waals surface area (Å²) < 4.78 is 1.27. The zero-order chi connectivity index (χ0) is 9.94. The van der Waals surface area contributed by atoms with Gasteiger partial charge in [-0.25, -0.2) is 0 Å². The van der Waals surface area contributed by atoms with Crippen molar-refractivity contribution in [3.8, 4) is 0 Å². The van der Waals surface area contributed by atoms with E-state index < -0.39 is 0 Å². The van der Waals surface area contributed by atoms with Crippen molar-refractivity contribution in [1.82, 2.24) is 5.32 Å². The summed E-state index contributed by atoms with van der Waals surface area (Å²) in [4.78, 5) is 0. The van der Waals surface area contributed by atoms with Gasteiger partial charge in [0.15, 0.2) is 0 Å². The third-order valence-electron chi connectivity index (χ3n) is 2.46. The summed E-state index contributed by atoms with van der Waals surface area (Å²) >= 11 is 2.44. The zero-order valence-electron chi connectivity index (χ0n) is 9.11. The summed E-state index contributed by atoms with van der Waals surface area (Å²) in [5.41, 5.74) is 0. The fourth-order valence-corrected chi connectivity index (χ4v) is 1.82. The van der Waals surface area contributed by atoms with Crippen LogP contribution < -0.4 is 5.32 Å². The predicted molar refractivity (Wildman–Crippen MR) is 69.7 cm³/mol. The van der Waals surface area contributed by atoms with E-state index in [9.17, 15) is 0 Å². The van der Waals surface area contributed by atoms with Crippen LogP contribution in [0.1, 0.15) is 46.0 Å². The molecule has 80 valence electrons. The van der Waals surface area contributed by atoms with E-state index in [1.165, 1.54) is 49.6 Å². The molecule has 0 saturated heterocycles. The molecule has 0 fully saturated rings. The largest absolute Gasteiger partial charge is 0.316 e. The van der Waals surface area contributed by atoms with Crippen LogP contribution in [0.3, 0.4) is 0 Å². The highest BCUT2D eigenvalue weighted by Crippen LogP contribution is 2.10. The summed E-state index contributed by atoms with van der Waals surface area (Å²) in [5, 5.41) is 3.54. The first-order chi connectivity index (χ1) is 6.35. The lowest BCUT2D eigenvalue weighted by atomic mass is 9.99. The van der Waals surface area contributed by atoms with Gasteiger partial charge in [-0.05, 0) is 31.8 Å². The maximum atomic E-state index is 3.54. The minimum Gasteiger partial charge on any atom is -0.316 e. The SMILES string of the molecule is CCCCC(CC)CNCCCI. The Morgan fingerprint density at radius 3 is 2.54 bits per heavy atom. The topological polar surface area (TPSA) is 12.0 Å². The Hall–Kier alpha value is 0.690. The van der Waals surface area contributed by atoms with Crippen molar-refractivity contribution in [3.05, 3.63) is 0 Å². The molecule has 0 aliphatic carbocycles. The van der Waals surface area contributed by atoms with E-state index in [1.807, 2.05) is 0 Å². The van der Waals surface area contributed by atoms with Crippen LogP contribution in [0.5, 0.6) is 0 Å². The molecule has 0 bridgehead atoms. The number of alkyl halides is 1. The zero-order valence-corrected chi connectivity index (χ0v) is 11.3. The van der Waals surface area contributed by atoms with Crippen LogP contribution in [0.15, 0.2) is 0 Å². The monoisotopic (exact) mass is 297 g/mol. The molecule has 1 atom stereocenters. The smallest absolute Gasteiger partial charge is 0.000735 e. The Balaban J connectivity index is 3.25. The number of hydrogen-bond donors (Lipinski definition) is 1. The van der Waals surface area contributed by atoms with E-state index in [0.29, 0.717) is 0 Å². The molecule has 0 aromatic heterocycles. The molecule has 0 aromatic carbocycles. The third-order valence-corrected chi connectivity index (χ3v) is 3.23. The number of halogens is 1. The molecule has 0 aliphatic heterocycles. The minimum atomic E-state index is 0.911. The Morgan fingerprint density at radius 1 is 1.23 bits per heavy atom. The number of rotatable bonds is 9. The maximum Gasteiger partial charge on any atom is 0.000735 e. The predicted octanol–water partition coefficient (Wildman–Crippen LogP) is 3.62. The van der Waals surface area contributed by atoms with Crippen molar-refractivity contribution in [3.63, 3.8) is 0 Å². The van der Waals surface area contributed by atoms with Gasteiger partial charge in [-0.15, -0.1) is 0 Å². The van der Waals surface area contributed by atoms with Crippen LogP contribution in [-0.2, 0) is 0 Å². The molecule has 0 amide bonds. The molecule has 0 saturated carbocycles. The lowest BCUT2D eigenvalue weighted by Gasteiger charge is -2.14. The molecule has 0 aromatic rings. The van der Waals surface area contributed by atoms with Crippen molar-refractivity contribution >= 4 is 22.6 Å². The lowest BCUT2D eigenvalue weighted by molar-refractivity contribution is 0.421. The highest BCUT2D eigenvalue weighted by Gasteiger charge is 2.03. The van der Waals surface area contributed by atoms with Gasteiger partial charge >= 0.3 is 0 Å². The molecule has 0 spiro atoms. The van der Waals surface area contributed by atoms with Gasteiger partial charge in [0.05, 0.1) is 0 Å². The second kappa shape index (κ2) is 10.8. The van der Waals surface area contributed by atoms with Crippen molar-refractivity contribution < 1.29 is 0 Å². The number of nitrogens with one attached hydrogen (secondary N) is 1. The van der Waals surface area contributed by atoms with Gasteiger partial charge in [0, 0.05) is 4.43 Å². The van der Waals surface area contributed by atoms with E-state index in [4.69, 9.17) is 0 Å². The minimum absolute atomic E-state index is 0.911. The van der Waals surface area contributed by atoms with Gasteiger partial charge in [-0.3, -0.25) is 0 Å². The average Bonchev–Trinajstić information content (AvgIpc) is 2.17. The summed E-state index contributed by atoms with van der Waals surface area (Å²) in [6, 6.07) is 0. The van der Waals surface area contributed by atoms with Crippen molar-refractivity contribution in [1.29, 1.82) is 0 Å². The first kappa shape index (κ1) is 13.7. The molecule has 13 heavy (non-hydrogen) atoms. The van der Waals surface area contributed by atoms with Crippen LogP contribution in [0.4, 0.5) is 0 Å². The van der Waals surface area contributed by atoms with Crippen LogP contribution in [0.2, 0.25) is 0 Å². The summed E-state index contributed by atoms with van der Waals surface area (Å²) in [6.45, 7) is 7.01. The lowest BCUT2D eigenvalue weighted by Crippen LogP contribution is -2.23. The Morgan fingerprint density at radius 2 is 2.00 bits per heavy atom. The highest BCUT2D eigenvalue weighted by molar-refractivity contribution is 14.1. The van der Waals surface area contributed by atoms with Gasteiger partial charge in [0.25, 0.3) is 0 Å². The van der Waals surface area contributed by atoms with Crippen molar-refractivity contribution in [2.45, 2.75) is 46.0 Å². The van der Waals surface area contributed by atoms with E-state index in [1.54, 1.807) is 0 Å². The van der Waals surface area contributed by atoms with E-state index in [0.717, 1.165) is 5.92 Å². The second-order valence-corrected chi connectivity index (χ2v) is 4.74. The number of unbranched alkanes of at least 4 members (excludes halogenated alkanes) is 1. The molecular formula is C11H24IN. The standard InChI is InChI=1S/C11H24IN/c1-3-5-7-11(4-2)10-13-9-6-8-12/h11,13H,3-10H2,1-2H3. The second-order valence-electron chi connectivity index (χ2n) is 3.66. The van der Waals surface area contributed by atoms with Gasteiger partial charge in [0.1, 0.15) is 0 Å². The molecule has 2 heteroatoms. The molecule has 0 aliphatic rings. The molecule has 1 nitrogen and oxygen atoms in total. The average molecular weight is 297 g/mol. The summed E-state index contributed by atoms with van der Waals surface area (Å²) in [5.74, 6) is 0.911. The first-order valence-corrected chi connectivity index (χ1v) is 7.14. The molecule has 1 unspecified atom stereocenters. The highest BCUT2D eigenvalue weighted by atomic mass is 127. The number of hydrogen-bond acceptors (Lipinski definition) is 1. The Kier molecular flexibility index (Phi) is 11.3. The van der Waals surface area contributed by atoms with Gasteiger partial charge in [0.2, 0.25) is 0 Å². The van der Waals surface area contributed by atoms with Crippen LogP contribution in [0, 0.1) is 5.92 Å². The van der Waals surface area contributed by atoms with E-state index in [2.05, 4.69) is 41.8 Å². The van der Waals surface area contributed by atoms with E-state index in [-0.39, 0.29) is 0 Å². The summed E-state index contributed by atoms with van der Waals surface area (Å²) in [7, 11) is 0. The Bertz CT molecular complexity index is 96.1. The van der Waals surface area contributed by atoms with E-state index >= 15 is 0 Å². The van der Waals surface area contributed by atoms with Crippen molar-refractivity contribution in [2.75, 3.05) is 17.5 Å². The van der Waals surface area contributed by atoms with Gasteiger partial charge in [-0.1, -0.05) is 55.7 Å². The Labute approximate surface area is 97.2 Å². The van der Waals surface area contributed by atoms with Gasteiger partial charge in [-0.2, -0.15) is 0 Å². The third kappa shape index (κ3) is 9.01. The van der Waals surface area contributed by atoms with Crippen LogP contribution in [-0.4, -0.2) is 17.5 Å². The van der Waals surface area contributed by atoms with Crippen molar-refractivity contribution in [2.24, 2.45) is 5.92 Å². The fourth-order valence-electron chi connectivity index (χ4n) is 1.44. The normalized spacial score (nSPS) is 13.2. The molecule has 0 heterocycles. The fraction of sp³-hybridized carbons (Fsp3) is 1.00. The summed E-state index contributed by atoms with van der Waals surface area (Å²) in [6.07, 6.45) is 6.78. The molecular weight excluding hydrogens is 273 g/mol. The van der Waals surface area contributed by atoms with Crippen LogP contribution in [0.25, 0.3) is 0 Å². The first-order valence-electron chi connectivity index (χ1n) is 5.61.